The first-order valence-corrected chi connectivity index (χ1v) is 43.1. The van der Waals surface area contributed by atoms with Gasteiger partial charge in [0, 0.05) is 179 Å². The van der Waals surface area contributed by atoms with Crippen molar-refractivity contribution in [2.75, 3.05) is 28.2 Å². The minimum Gasteiger partial charge on any atom is -0.308 e. The quantitative estimate of drug-likeness (QED) is 0.115. The van der Waals surface area contributed by atoms with Crippen molar-refractivity contribution in [2.45, 2.75) is 0 Å². The number of carbonyl (C=O) groups is 8. The maximum Gasteiger partial charge on any atom is 0.263 e. The van der Waals surface area contributed by atoms with Crippen molar-refractivity contribution in [1.82, 2.24) is 97.7 Å². The van der Waals surface area contributed by atoms with E-state index in [1.807, 2.05) is 146 Å². The van der Waals surface area contributed by atoms with Crippen LogP contribution in [0.4, 0.5) is 0 Å². The fourth-order valence-corrected chi connectivity index (χ4v) is 19.2. The molecule has 26 rings (SSSR count). The number of benzene rings is 12. The van der Waals surface area contributed by atoms with E-state index in [4.69, 9.17) is 0 Å². The van der Waals surface area contributed by atoms with Crippen LogP contribution in [0.25, 0.3) is 177 Å². The Kier molecular flexibility index (Phi) is 19.5. The Morgan fingerprint density at radius 3 is 0.750 bits per heavy atom. The van der Waals surface area contributed by atoms with Crippen LogP contribution in [0.2, 0.25) is 0 Å². The first-order chi connectivity index (χ1) is 66.5. The number of rotatable bonds is 10. The van der Waals surface area contributed by atoms with Gasteiger partial charge in [0.05, 0.1) is 111 Å². The number of fused-ring (bicyclic) bond motifs is 16. The molecule has 4 aliphatic heterocycles. The van der Waals surface area contributed by atoms with Gasteiger partial charge >= 0.3 is 0 Å². The Morgan fingerprint density at radius 1 is 0.176 bits per heavy atom. The Labute approximate surface area is 771 Å². The fourth-order valence-electron chi connectivity index (χ4n) is 19.2. The third-order valence-corrected chi connectivity index (χ3v) is 25.6. The predicted octanol–water partition coefficient (Wildman–Crippen LogP) is 18.8. The summed E-state index contributed by atoms with van der Waals surface area (Å²) in [6.07, 6.45) is 30.4. The van der Waals surface area contributed by atoms with Gasteiger partial charge in [0.25, 0.3) is 47.3 Å². The molecule has 0 aliphatic carbocycles. The summed E-state index contributed by atoms with van der Waals surface area (Å²) in [5, 5.41) is 8.27. The molecule has 28 nitrogen and oxygen atoms in total. The monoisotopic (exact) mass is 1770 g/mol. The van der Waals surface area contributed by atoms with Crippen LogP contribution in [0.3, 0.4) is 0 Å². The van der Waals surface area contributed by atoms with Crippen molar-refractivity contribution < 1.29 is 38.4 Å². The van der Waals surface area contributed by atoms with E-state index in [0.717, 1.165) is 154 Å². The summed E-state index contributed by atoms with van der Waals surface area (Å²) in [4.78, 5) is 158. The topological polar surface area (TPSA) is 324 Å². The number of amides is 8. The molecule has 0 N–H and O–H groups in total. The van der Waals surface area contributed by atoms with Crippen LogP contribution < -0.4 is 0 Å². The van der Waals surface area contributed by atoms with E-state index < -0.39 is 0 Å². The average Bonchev–Trinajstić information content (AvgIpc) is 1.59. The Morgan fingerprint density at radius 2 is 0.412 bits per heavy atom. The lowest BCUT2D eigenvalue weighted by molar-refractivity contribution is 0.0678. The van der Waals surface area contributed by atoms with Gasteiger partial charge in [-0.1, -0.05) is 115 Å². The molecule has 0 radical (unpaired) electrons. The molecule has 10 aromatic heterocycles. The van der Waals surface area contributed by atoms with Gasteiger partial charge in [-0.3, -0.25) is 58.0 Å². The normalized spacial score (nSPS) is 13.2. The lowest BCUT2D eigenvalue weighted by atomic mass is 10.0. The molecule has 22 aromatic rings. The molecule has 0 spiro atoms. The number of hydrogen-bond donors (Lipinski definition) is 0. The number of carbonyl (C=O) groups excluding carboxylic acids is 8. The fraction of sp³-hybridized carbons (Fsp3) is 0.0370. The molecule has 648 valence electrons. The summed E-state index contributed by atoms with van der Waals surface area (Å²) < 4.78 is 8.26. The second kappa shape index (κ2) is 32.5. The minimum atomic E-state index is -0.314. The minimum absolute atomic E-state index is 0.269. The van der Waals surface area contributed by atoms with Crippen molar-refractivity contribution in [2.24, 2.45) is 0 Å². The van der Waals surface area contributed by atoms with Crippen LogP contribution in [0.15, 0.2) is 343 Å². The van der Waals surface area contributed by atoms with Gasteiger partial charge in [0.15, 0.2) is 0 Å². The van der Waals surface area contributed by atoms with Crippen LogP contribution in [-0.4, -0.2) is 173 Å². The molecule has 28 heteroatoms. The second-order valence-electron chi connectivity index (χ2n) is 33.0. The van der Waals surface area contributed by atoms with Gasteiger partial charge in [-0.05, 0) is 149 Å². The zero-order valence-corrected chi connectivity index (χ0v) is 72.5. The Bertz CT molecular complexity index is 8680. The Balaban J connectivity index is 0.000000102. The number of aromatic nitrogens is 16. The first-order valence-electron chi connectivity index (χ1n) is 43.1. The van der Waals surface area contributed by atoms with Gasteiger partial charge in [-0.15, -0.1) is 0 Å². The molecule has 4 aliphatic rings. The Hall–Kier alpha value is -19.1. The molecule has 0 unspecified atom stereocenters. The van der Waals surface area contributed by atoms with Crippen molar-refractivity contribution in [3.63, 3.8) is 0 Å². The van der Waals surface area contributed by atoms with E-state index >= 15 is 0 Å². The van der Waals surface area contributed by atoms with E-state index in [9.17, 15) is 38.4 Å². The molecule has 12 aromatic carbocycles. The molecule has 0 bridgehead atoms. The van der Waals surface area contributed by atoms with E-state index in [1.54, 1.807) is 98.6 Å². The van der Waals surface area contributed by atoms with Crippen molar-refractivity contribution in [3.05, 3.63) is 387 Å². The second-order valence-corrected chi connectivity index (χ2v) is 33.0. The number of nitrogens with zero attached hydrogens (tertiary/aromatic N) is 20. The summed E-state index contributed by atoms with van der Waals surface area (Å²) in [7, 11) is 6.08. The maximum absolute atomic E-state index is 13.2. The third kappa shape index (κ3) is 13.1. The lowest BCUT2D eigenvalue weighted by Gasteiger charge is -2.13. The van der Waals surface area contributed by atoms with Crippen molar-refractivity contribution in [1.29, 1.82) is 0 Å². The van der Waals surface area contributed by atoms with E-state index in [1.165, 1.54) is 85.8 Å². The molecule has 14 heterocycles. The van der Waals surface area contributed by atoms with E-state index in [2.05, 4.69) is 139 Å². The summed E-state index contributed by atoms with van der Waals surface area (Å²) in [6, 6.07) is 74.8. The zero-order chi connectivity index (χ0) is 92.4. The van der Waals surface area contributed by atoms with Gasteiger partial charge in [0.1, 0.15) is 38.0 Å². The van der Waals surface area contributed by atoms with Crippen molar-refractivity contribution in [3.8, 4) is 89.5 Å². The van der Waals surface area contributed by atoms with Crippen LogP contribution in [0.5, 0.6) is 0 Å². The SMILES string of the molecule is CN1C(=O)c2cccc(-n3c4cc(-c5cncnc5)ccc4c4ccc(-c5cncnc5)cc43)c2C1=O.CN1C(=O)c2cccc(-n3c4ccc(-c5cncnc5)cc4c4cc(-c5cncnc5)ccc43)c2C1=O.CN1C(=O)c2cccc(-n3c4ccccc4c4c(-c5cncnc5)cccc43)c2C1=O.CN1C(=O)c2cccc(-n3c4ccccc4c4cc(-c5cncnc5)ccc43)c2C1=O. The highest BCUT2D eigenvalue weighted by Crippen LogP contribution is 2.46. The highest BCUT2D eigenvalue weighted by Gasteiger charge is 2.41. The van der Waals surface area contributed by atoms with Gasteiger partial charge in [0.2, 0.25) is 0 Å². The smallest absolute Gasteiger partial charge is 0.263 e. The molecular weight excluding hydrogens is 1710 g/mol. The van der Waals surface area contributed by atoms with Crippen LogP contribution in [0.1, 0.15) is 82.9 Å². The molecule has 8 amide bonds. The van der Waals surface area contributed by atoms with Crippen LogP contribution in [-0.2, 0) is 0 Å². The molecule has 0 atom stereocenters. The molecule has 0 saturated carbocycles. The average molecular weight is 1770 g/mol. The van der Waals surface area contributed by atoms with Gasteiger partial charge in [-0.25, -0.2) is 59.8 Å². The van der Waals surface area contributed by atoms with E-state index in [-0.39, 0.29) is 47.3 Å². The van der Waals surface area contributed by atoms with Gasteiger partial charge < -0.3 is 18.3 Å². The highest BCUT2D eigenvalue weighted by molar-refractivity contribution is 6.28. The van der Waals surface area contributed by atoms with E-state index in [0.29, 0.717) is 67.3 Å². The number of para-hydroxylation sites is 2. The first kappa shape index (κ1) is 81.4. The number of hydrogen-bond acceptors (Lipinski definition) is 20. The maximum atomic E-state index is 13.2. The highest BCUT2D eigenvalue weighted by atomic mass is 16.2. The molecule has 0 fully saturated rings. The lowest BCUT2D eigenvalue weighted by Crippen LogP contribution is -2.24. The summed E-state index contributed by atoms with van der Waals surface area (Å²) in [5.74, 6) is -2.31. The predicted molar refractivity (Wildman–Crippen MR) is 515 cm³/mol. The van der Waals surface area contributed by atoms with Crippen LogP contribution >= 0.6 is 0 Å². The zero-order valence-electron chi connectivity index (χ0n) is 72.5. The third-order valence-electron chi connectivity index (χ3n) is 25.6. The van der Waals surface area contributed by atoms with Gasteiger partial charge in [-0.2, -0.15) is 0 Å². The molecule has 0 saturated heterocycles. The number of imide groups is 4. The standard InChI is InChI=1S/2C29H18N6O2.2C25H16N4O2/c1-34-28(36)23-3-2-4-24(27(23)29(34)37)35-25-9-17(19-11-30-15-31-12-19)5-7-21(25)22-8-6-18(10-26(22)35)20-13-32-16-33-14-20;1-34-28(36)21-3-2-4-26(27(21)29(34)37)35-24-7-5-17(19-11-30-15-31-12-19)9-22(24)23-10-18(6-8-25(23)35)20-13-32-16-33-14-20;1-28-24(30)18-8-5-11-21(23(18)25(28)31)29-19-9-3-2-6-17(19)22-16(7-4-10-20(22)29)15-12-26-14-27-13-15;1-28-24(30)18-6-4-8-22(23(18)25(28)31)29-20-7-3-2-5-17(20)19-11-15(9-10-21(19)29)16-12-26-14-27-13-16/h2*2-16H,1H3;2*2-14H,1H3. The van der Waals surface area contributed by atoms with Crippen LogP contribution in [0, 0.1) is 0 Å². The molecular formula is C108H68N20O8. The summed E-state index contributed by atoms with van der Waals surface area (Å²) in [6.45, 7) is 0. The largest absolute Gasteiger partial charge is 0.308 e. The van der Waals surface area contributed by atoms with Crippen molar-refractivity contribution >= 4 is 134 Å². The summed E-state index contributed by atoms with van der Waals surface area (Å²) in [5.41, 5.74) is 24.9. The molecule has 136 heavy (non-hydrogen) atoms. The summed E-state index contributed by atoms with van der Waals surface area (Å²) >= 11 is 0.